The summed E-state index contributed by atoms with van der Waals surface area (Å²) < 4.78 is 8.33. The summed E-state index contributed by atoms with van der Waals surface area (Å²) in [6, 6.07) is 12.5. The van der Waals surface area contributed by atoms with Gasteiger partial charge in [0, 0.05) is 43.7 Å². The summed E-state index contributed by atoms with van der Waals surface area (Å²) in [7, 11) is 0. The van der Waals surface area contributed by atoms with Crippen LogP contribution < -0.4 is 4.74 Å². The van der Waals surface area contributed by atoms with Gasteiger partial charge in [-0.1, -0.05) is 12.1 Å². The van der Waals surface area contributed by atoms with Gasteiger partial charge in [-0.3, -0.25) is 4.79 Å². The summed E-state index contributed by atoms with van der Waals surface area (Å²) >= 11 is 0. The number of amides is 1. The molecule has 1 amide bonds. The lowest BCUT2D eigenvalue weighted by molar-refractivity contribution is -0.134. The van der Waals surface area contributed by atoms with Crippen LogP contribution in [0.2, 0.25) is 0 Å². The fourth-order valence-corrected chi connectivity index (χ4v) is 4.15. The van der Waals surface area contributed by atoms with Crippen LogP contribution in [0.4, 0.5) is 0 Å². The van der Waals surface area contributed by atoms with Crippen molar-refractivity contribution < 1.29 is 9.53 Å². The van der Waals surface area contributed by atoms with Crippen LogP contribution in [0.15, 0.2) is 42.6 Å². The molecule has 1 aliphatic carbocycles. The summed E-state index contributed by atoms with van der Waals surface area (Å²) in [6.07, 6.45) is 6.32. The lowest BCUT2D eigenvalue weighted by Gasteiger charge is -2.32. The second-order valence-electron chi connectivity index (χ2n) is 8.37. The van der Waals surface area contributed by atoms with Crippen molar-refractivity contribution in [1.29, 1.82) is 0 Å². The van der Waals surface area contributed by atoms with Crippen LogP contribution >= 0.6 is 0 Å². The molecule has 0 N–H and O–H groups in total. The quantitative estimate of drug-likeness (QED) is 0.665. The van der Waals surface area contributed by atoms with Gasteiger partial charge in [0.25, 0.3) is 0 Å². The molecule has 0 bridgehead atoms. The standard InChI is InChI=1S/C24H27N3O2/c1-16-17(2)27-15-20(7-10-23(27)25-16)18-5-8-21(9-6-18)29-22-11-13-26(14-12-22)24(28)19-3-4-19/h5-10,15,19,22H,3-4,11-14H2,1-2H3. The van der Waals surface area contributed by atoms with Crippen LogP contribution in [-0.2, 0) is 4.79 Å². The van der Waals surface area contributed by atoms with E-state index < -0.39 is 0 Å². The molecule has 0 radical (unpaired) electrons. The van der Waals surface area contributed by atoms with Crippen molar-refractivity contribution in [2.45, 2.75) is 45.6 Å². The maximum absolute atomic E-state index is 12.2. The highest BCUT2D eigenvalue weighted by atomic mass is 16.5. The molecule has 1 aliphatic heterocycles. The predicted octanol–water partition coefficient (Wildman–Crippen LogP) is 4.40. The smallest absolute Gasteiger partial charge is 0.225 e. The minimum atomic E-state index is 0.192. The molecule has 1 aromatic carbocycles. The molecule has 1 saturated heterocycles. The Bertz CT molecular complexity index is 1040. The minimum absolute atomic E-state index is 0.192. The molecule has 150 valence electrons. The molecule has 0 unspecified atom stereocenters. The normalized spacial score (nSPS) is 17.7. The first kappa shape index (κ1) is 18.2. The van der Waals surface area contributed by atoms with Crippen LogP contribution in [0.3, 0.4) is 0 Å². The number of piperidine rings is 1. The third kappa shape index (κ3) is 3.61. The highest BCUT2D eigenvalue weighted by molar-refractivity contribution is 5.81. The van der Waals surface area contributed by atoms with Gasteiger partial charge in [0.15, 0.2) is 0 Å². The molecule has 29 heavy (non-hydrogen) atoms. The van der Waals surface area contributed by atoms with E-state index in [9.17, 15) is 4.79 Å². The van der Waals surface area contributed by atoms with Gasteiger partial charge in [0.2, 0.25) is 5.91 Å². The van der Waals surface area contributed by atoms with E-state index in [-0.39, 0.29) is 6.10 Å². The van der Waals surface area contributed by atoms with E-state index in [1.807, 2.05) is 24.0 Å². The number of hydrogen-bond donors (Lipinski definition) is 0. The summed E-state index contributed by atoms with van der Waals surface area (Å²) in [4.78, 5) is 18.8. The Labute approximate surface area is 171 Å². The number of benzene rings is 1. The van der Waals surface area contributed by atoms with E-state index >= 15 is 0 Å². The van der Waals surface area contributed by atoms with Crippen molar-refractivity contribution in [3.63, 3.8) is 0 Å². The minimum Gasteiger partial charge on any atom is -0.490 e. The molecular formula is C24H27N3O2. The fraction of sp³-hybridized carbons (Fsp3) is 0.417. The number of aromatic nitrogens is 2. The zero-order chi connectivity index (χ0) is 20.0. The van der Waals surface area contributed by atoms with Gasteiger partial charge in [-0.2, -0.15) is 0 Å². The molecule has 0 atom stereocenters. The number of pyridine rings is 1. The average molecular weight is 389 g/mol. The Kier molecular flexibility index (Phi) is 4.53. The zero-order valence-electron chi connectivity index (χ0n) is 17.1. The number of carbonyl (C=O) groups excluding carboxylic acids is 1. The summed E-state index contributed by atoms with van der Waals surface area (Å²) in [5, 5.41) is 0. The number of fused-ring (bicyclic) bond motifs is 1. The Morgan fingerprint density at radius 2 is 1.66 bits per heavy atom. The Hall–Kier alpha value is -2.82. The molecule has 2 fully saturated rings. The third-order valence-corrected chi connectivity index (χ3v) is 6.26. The van der Waals surface area contributed by atoms with Crippen molar-refractivity contribution in [2.75, 3.05) is 13.1 Å². The fourth-order valence-electron chi connectivity index (χ4n) is 4.15. The van der Waals surface area contributed by atoms with Gasteiger partial charge < -0.3 is 14.0 Å². The van der Waals surface area contributed by atoms with Crippen LogP contribution in [0.1, 0.15) is 37.1 Å². The Morgan fingerprint density at radius 3 is 2.34 bits per heavy atom. The maximum Gasteiger partial charge on any atom is 0.225 e. The first-order valence-corrected chi connectivity index (χ1v) is 10.6. The Balaban J connectivity index is 1.24. The van der Waals surface area contributed by atoms with Crippen LogP contribution in [0, 0.1) is 19.8 Å². The Morgan fingerprint density at radius 1 is 0.966 bits per heavy atom. The van der Waals surface area contributed by atoms with E-state index in [0.29, 0.717) is 11.8 Å². The van der Waals surface area contributed by atoms with Crippen molar-refractivity contribution in [2.24, 2.45) is 5.92 Å². The van der Waals surface area contributed by atoms with Crippen molar-refractivity contribution in [3.8, 4) is 16.9 Å². The SMILES string of the molecule is Cc1nc2ccc(-c3ccc(OC4CCN(C(=O)C5CC5)CC4)cc3)cn2c1C. The maximum atomic E-state index is 12.2. The number of hydrogen-bond acceptors (Lipinski definition) is 3. The molecule has 2 aliphatic rings. The lowest BCUT2D eigenvalue weighted by atomic mass is 10.1. The molecular weight excluding hydrogens is 362 g/mol. The van der Waals surface area contributed by atoms with Gasteiger partial charge in [0.1, 0.15) is 17.5 Å². The van der Waals surface area contributed by atoms with Gasteiger partial charge in [-0.25, -0.2) is 4.98 Å². The molecule has 5 heteroatoms. The molecule has 3 aromatic rings. The van der Waals surface area contributed by atoms with Crippen LogP contribution in [0.25, 0.3) is 16.8 Å². The summed E-state index contributed by atoms with van der Waals surface area (Å²) in [5.41, 5.74) is 5.55. The molecule has 5 rings (SSSR count). The van der Waals surface area contributed by atoms with Gasteiger partial charge in [-0.05, 0) is 62.1 Å². The monoisotopic (exact) mass is 389 g/mol. The molecule has 3 heterocycles. The van der Waals surface area contributed by atoms with E-state index in [4.69, 9.17) is 4.74 Å². The first-order chi connectivity index (χ1) is 14.1. The number of likely N-dealkylation sites (tertiary alicyclic amines) is 1. The number of nitrogens with zero attached hydrogens (tertiary/aromatic N) is 3. The number of imidazole rings is 1. The number of ether oxygens (including phenoxy) is 1. The van der Waals surface area contributed by atoms with Gasteiger partial charge in [-0.15, -0.1) is 0 Å². The third-order valence-electron chi connectivity index (χ3n) is 6.26. The zero-order valence-corrected chi connectivity index (χ0v) is 17.1. The average Bonchev–Trinajstić information content (AvgIpc) is 3.55. The topological polar surface area (TPSA) is 46.8 Å². The lowest BCUT2D eigenvalue weighted by Crippen LogP contribution is -2.42. The number of rotatable bonds is 4. The predicted molar refractivity (Wildman–Crippen MR) is 113 cm³/mol. The largest absolute Gasteiger partial charge is 0.490 e. The number of aryl methyl sites for hydroxylation is 2. The van der Waals surface area contributed by atoms with Gasteiger partial charge >= 0.3 is 0 Å². The molecule has 0 spiro atoms. The molecule has 1 saturated carbocycles. The second-order valence-corrected chi connectivity index (χ2v) is 8.37. The second kappa shape index (κ2) is 7.21. The van der Waals surface area contributed by atoms with Gasteiger partial charge in [0.05, 0.1) is 5.69 Å². The van der Waals surface area contributed by atoms with E-state index in [0.717, 1.165) is 67.0 Å². The van der Waals surface area contributed by atoms with Crippen molar-refractivity contribution in [3.05, 3.63) is 54.0 Å². The molecule has 5 nitrogen and oxygen atoms in total. The van der Waals surface area contributed by atoms with E-state index in [2.05, 4.69) is 46.8 Å². The summed E-state index contributed by atoms with van der Waals surface area (Å²) in [5.74, 6) is 1.57. The molecule has 2 aromatic heterocycles. The van der Waals surface area contributed by atoms with Crippen LogP contribution in [0.5, 0.6) is 5.75 Å². The highest BCUT2D eigenvalue weighted by Crippen LogP contribution is 2.32. The number of carbonyl (C=O) groups is 1. The van der Waals surface area contributed by atoms with Crippen molar-refractivity contribution in [1.82, 2.24) is 14.3 Å². The van der Waals surface area contributed by atoms with E-state index in [1.54, 1.807) is 0 Å². The van der Waals surface area contributed by atoms with Crippen LogP contribution in [-0.4, -0.2) is 39.4 Å². The first-order valence-electron chi connectivity index (χ1n) is 10.6. The summed E-state index contributed by atoms with van der Waals surface area (Å²) in [6.45, 7) is 5.78. The van der Waals surface area contributed by atoms with Crippen molar-refractivity contribution >= 4 is 11.6 Å². The van der Waals surface area contributed by atoms with E-state index in [1.165, 1.54) is 5.69 Å². The highest BCUT2D eigenvalue weighted by Gasteiger charge is 2.35.